The van der Waals surface area contributed by atoms with E-state index >= 15 is 0 Å². The molecule has 0 aliphatic rings. The quantitative estimate of drug-likeness (QED) is 0.791. The number of aryl methyl sites for hydroxylation is 4. The van der Waals surface area contributed by atoms with Crippen molar-refractivity contribution in [3.63, 3.8) is 0 Å². The van der Waals surface area contributed by atoms with E-state index in [1.165, 1.54) is 29.2 Å². The number of amides is 1. The van der Waals surface area contributed by atoms with E-state index in [2.05, 4.69) is 58.5 Å². The van der Waals surface area contributed by atoms with Gasteiger partial charge in [-0.1, -0.05) is 17.7 Å². The van der Waals surface area contributed by atoms with Crippen molar-refractivity contribution in [3.8, 4) is 0 Å². The van der Waals surface area contributed by atoms with E-state index in [0.717, 1.165) is 0 Å². The Hall–Kier alpha value is -2.54. The Morgan fingerprint density at radius 1 is 1.08 bits per heavy atom. The number of carbonyl (C=O) groups is 1. The summed E-state index contributed by atoms with van der Waals surface area (Å²) in [5.41, 5.74) is 4.98. The maximum Gasteiger partial charge on any atom is 0.234 e. The van der Waals surface area contributed by atoms with Crippen molar-refractivity contribution in [3.05, 3.63) is 40.2 Å². The van der Waals surface area contributed by atoms with Crippen molar-refractivity contribution in [1.82, 2.24) is 15.0 Å². The summed E-state index contributed by atoms with van der Waals surface area (Å²) in [6.45, 7) is 12.5. The predicted molar refractivity (Wildman–Crippen MR) is 102 cm³/mol. The second-order valence-electron chi connectivity index (χ2n) is 6.65. The van der Waals surface area contributed by atoms with Gasteiger partial charge < -0.3 is 10.1 Å². The number of rotatable bonds is 7. The molecule has 140 valence electrons. The second-order valence-corrected chi connectivity index (χ2v) is 6.65. The third-order valence-corrected chi connectivity index (χ3v) is 3.87. The molecule has 1 aromatic heterocycles. The molecule has 1 heterocycles. The fourth-order valence-electron chi connectivity index (χ4n) is 2.80. The zero-order valence-corrected chi connectivity index (χ0v) is 16.3. The van der Waals surface area contributed by atoms with Crippen LogP contribution < -0.4 is 10.6 Å². The van der Waals surface area contributed by atoms with Crippen LogP contribution in [0.1, 0.15) is 41.9 Å². The molecule has 1 atom stereocenters. The summed E-state index contributed by atoms with van der Waals surface area (Å²) < 4.78 is 5.88. The lowest BCUT2D eigenvalue weighted by Crippen LogP contribution is -2.24. The van der Waals surface area contributed by atoms with Crippen LogP contribution in [-0.4, -0.2) is 33.5 Å². The van der Waals surface area contributed by atoms with Gasteiger partial charge in [0.1, 0.15) is 5.82 Å². The smallest absolute Gasteiger partial charge is 0.234 e. The molecule has 1 amide bonds. The number of nitrogens with zero attached hydrogens (tertiary/aromatic N) is 3. The van der Waals surface area contributed by atoms with Crippen LogP contribution in [0.2, 0.25) is 0 Å². The van der Waals surface area contributed by atoms with Crippen LogP contribution in [0.15, 0.2) is 12.1 Å². The van der Waals surface area contributed by atoms with Gasteiger partial charge in [-0.05, 0) is 51.3 Å². The molecule has 0 saturated carbocycles. The molecule has 2 aromatic rings. The van der Waals surface area contributed by atoms with E-state index < -0.39 is 0 Å². The topological polar surface area (TPSA) is 89.0 Å². The molecule has 0 bridgehead atoms. The van der Waals surface area contributed by atoms with Crippen molar-refractivity contribution in [2.24, 2.45) is 0 Å². The third kappa shape index (κ3) is 5.77. The molecule has 0 saturated heterocycles. The summed E-state index contributed by atoms with van der Waals surface area (Å²) in [4.78, 5) is 23.7. The summed E-state index contributed by atoms with van der Waals surface area (Å²) in [5.74, 6) is 0.971. The van der Waals surface area contributed by atoms with Gasteiger partial charge in [0.25, 0.3) is 0 Å². The lowest BCUT2D eigenvalue weighted by Gasteiger charge is -2.16. The van der Waals surface area contributed by atoms with Crippen molar-refractivity contribution in [2.75, 3.05) is 17.2 Å². The molecule has 0 aliphatic heterocycles. The van der Waals surface area contributed by atoms with Crippen LogP contribution in [-0.2, 0) is 16.1 Å². The van der Waals surface area contributed by atoms with Gasteiger partial charge in [-0.25, -0.2) is 0 Å². The first-order chi connectivity index (χ1) is 12.2. The first kappa shape index (κ1) is 19.8. The standard InChI is InChI=1S/C19H27N5O2/c1-11-7-12(2)17(13(3)8-11)10-26-9-14(4)20-18-21-15(5)22-19(24-18)23-16(6)25/h7-8,14H,9-10H2,1-6H3,(H2,20,21,22,23,24,25). The Morgan fingerprint density at radius 3 is 2.31 bits per heavy atom. The third-order valence-electron chi connectivity index (χ3n) is 3.87. The van der Waals surface area contributed by atoms with Gasteiger partial charge >= 0.3 is 0 Å². The highest BCUT2D eigenvalue weighted by atomic mass is 16.5. The SMILES string of the molecule is CC(=O)Nc1nc(C)nc(NC(C)COCc2c(C)cc(C)cc2C)n1. The van der Waals surface area contributed by atoms with Crippen molar-refractivity contribution >= 4 is 17.8 Å². The van der Waals surface area contributed by atoms with Gasteiger partial charge in [0, 0.05) is 13.0 Å². The fourth-order valence-corrected chi connectivity index (χ4v) is 2.80. The zero-order chi connectivity index (χ0) is 19.3. The fraction of sp³-hybridized carbons (Fsp3) is 0.474. The molecular weight excluding hydrogens is 330 g/mol. The van der Waals surface area contributed by atoms with Crippen LogP contribution in [0.3, 0.4) is 0 Å². The molecule has 1 unspecified atom stereocenters. The maximum absolute atomic E-state index is 11.2. The lowest BCUT2D eigenvalue weighted by molar-refractivity contribution is -0.114. The highest BCUT2D eigenvalue weighted by molar-refractivity contribution is 5.86. The van der Waals surface area contributed by atoms with Crippen molar-refractivity contribution < 1.29 is 9.53 Å². The van der Waals surface area contributed by atoms with Crippen LogP contribution in [0, 0.1) is 27.7 Å². The molecule has 2 N–H and O–H groups in total. The molecule has 1 aromatic carbocycles. The molecule has 0 radical (unpaired) electrons. The summed E-state index contributed by atoms with van der Waals surface area (Å²) in [7, 11) is 0. The minimum atomic E-state index is -0.221. The molecule has 0 aliphatic carbocycles. The van der Waals surface area contributed by atoms with E-state index in [9.17, 15) is 4.79 Å². The van der Waals surface area contributed by atoms with Gasteiger partial charge in [-0.15, -0.1) is 0 Å². The van der Waals surface area contributed by atoms with Crippen molar-refractivity contribution in [2.45, 2.75) is 54.2 Å². The van der Waals surface area contributed by atoms with Gasteiger partial charge in [0.05, 0.1) is 13.2 Å². The second kappa shape index (κ2) is 8.71. The van der Waals surface area contributed by atoms with Gasteiger partial charge in [0.2, 0.25) is 17.8 Å². The summed E-state index contributed by atoms with van der Waals surface area (Å²) in [6.07, 6.45) is 0. The van der Waals surface area contributed by atoms with Crippen molar-refractivity contribution in [1.29, 1.82) is 0 Å². The number of nitrogens with one attached hydrogen (secondary N) is 2. The number of carbonyl (C=O) groups excluding carboxylic acids is 1. The average Bonchev–Trinajstić information content (AvgIpc) is 2.48. The van der Waals surface area contributed by atoms with E-state index in [4.69, 9.17) is 4.74 Å². The van der Waals surface area contributed by atoms with Crippen LogP contribution in [0.5, 0.6) is 0 Å². The molecule has 7 nitrogen and oxygen atoms in total. The molecule has 7 heteroatoms. The first-order valence-corrected chi connectivity index (χ1v) is 8.66. The number of aromatic nitrogens is 3. The monoisotopic (exact) mass is 357 g/mol. The highest BCUT2D eigenvalue weighted by Crippen LogP contribution is 2.17. The number of anilines is 2. The number of ether oxygens (including phenoxy) is 1. The maximum atomic E-state index is 11.2. The van der Waals surface area contributed by atoms with Crippen LogP contribution in [0.25, 0.3) is 0 Å². The van der Waals surface area contributed by atoms with Crippen LogP contribution >= 0.6 is 0 Å². The molecule has 0 spiro atoms. The Bertz CT molecular complexity index is 768. The molecule has 0 fully saturated rings. The Kier molecular flexibility index (Phi) is 6.63. The first-order valence-electron chi connectivity index (χ1n) is 8.66. The van der Waals surface area contributed by atoms with Gasteiger partial charge in [-0.3, -0.25) is 10.1 Å². The summed E-state index contributed by atoms with van der Waals surface area (Å²) >= 11 is 0. The summed E-state index contributed by atoms with van der Waals surface area (Å²) in [6, 6.07) is 4.35. The largest absolute Gasteiger partial charge is 0.375 e. The normalized spacial score (nSPS) is 11.9. The number of benzene rings is 1. The van der Waals surface area contributed by atoms with Gasteiger partial charge in [-0.2, -0.15) is 15.0 Å². The Labute approximate surface area is 154 Å². The minimum absolute atomic E-state index is 0.00744. The highest BCUT2D eigenvalue weighted by Gasteiger charge is 2.10. The number of hydrogen-bond donors (Lipinski definition) is 2. The minimum Gasteiger partial charge on any atom is -0.375 e. The van der Waals surface area contributed by atoms with E-state index in [1.54, 1.807) is 6.92 Å². The van der Waals surface area contributed by atoms with E-state index in [-0.39, 0.29) is 17.9 Å². The molecule has 26 heavy (non-hydrogen) atoms. The predicted octanol–water partition coefficient (Wildman–Crippen LogP) is 3.08. The van der Waals surface area contributed by atoms with E-state index in [0.29, 0.717) is 25.0 Å². The summed E-state index contributed by atoms with van der Waals surface area (Å²) in [5, 5.41) is 5.75. The lowest BCUT2D eigenvalue weighted by atomic mass is 10.0. The molecular formula is C19H27N5O2. The molecule has 2 rings (SSSR count). The van der Waals surface area contributed by atoms with E-state index in [1.807, 2.05) is 6.92 Å². The Morgan fingerprint density at radius 2 is 1.69 bits per heavy atom. The Balaban J connectivity index is 1.92. The zero-order valence-electron chi connectivity index (χ0n) is 16.3. The van der Waals surface area contributed by atoms with Crippen LogP contribution in [0.4, 0.5) is 11.9 Å². The average molecular weight is 357 g/mol. The number of hydrogen-bond acceptors (Lipinski definition) is 6. The van der Waals surface area contributed by atoms with Gasteiger partial charge in [0.15, 0.2) is 0 Å².